The Morgan fingerprint density at radius 2 is 2.00 bits per heavy atom. The van der Waals surface area contributed by atoms with E-state index in [1.807, 2.05) is 31.2 Å². The Morgan fingerprint density at radius 1 is 1.25 bits per heavy atom. The lowest BCUT2D eigenvalue weighted by Gasteiger charge is -2.15. The summed E-state index contributed by atoms with van der Waals surface area (Å²) in [6.45, 7) is 3.89. The van der Waals surface area contributed by atoms with Crippen molar-refractivity contribution in [1.82, 2.24) is 5.32 Å². The first-order valence-electron chi connectivity index (χ1n) is 8.36. The topological polar surface area (TPSA) is 84.9 Å². The molecule has 0 unspecified atom stereocenters. The van der Waals surface area contributed by atoms with Gasteiger partial charge in [-0.05, 0) is 71.0 Å². The van der Waals surface area contributed by atoms with Crippen LogP contribution in [0.1, 0.15) is 25.0 Å². The molecule has 0 spiro atoms. The fourth-order valence-corrected chi connectivity index (χ4v) is 3.59. The Labute approximate surface area is 185 Å². The van der Waals surface area contributed by atoms with E-state index in [2.05, 4.69) is 43.8 Å². The SMILES string of the molecule is CCOc1cc(/C=C(/NC(C)=O)C(=O)O)cc(I)c1OCc1cccc(Br)c1. The standard InChI is InChI=1S/C20H19BrINO5/c1-3-27-18-10-14(9-17(20(25)26)23-12(2)24)8-16(22)19(18)28-11-13-5-4-6-15(21)7-13/h4-10H,3,11H2,1-2H3,(H,23,24)(H,25,26)/b17-9+. The van der Waals surface area contributed by atoms with Gasteiger partial charge in [0.05, 0.1) is 10.2 Å². The van der Waals surface area contributed by atoms with Crippen LogP contribution < -0.4 is 14.8 Å². The zero-order chi connectivity index (χ0) is 20.7. The lowest BCUT2D eigenvalue weighted by molar-refractivity contribution is -0.134. The normalized spacial score (nSPS) is 11.1. The van der Waals surface area contributed by atoms with Gasteiger partial charge in [0.25, 0.3) is 0 Å². The van der Waals surface area contributed by atoms with Gasteiger partial charge in [0.1, 0.15) is 12.3 Å². The number of rotatable bonds is 8. The third-order valence-electron chi connectivity index (χ3n) is 3.46. The number of nitrogens with one attached hydrogen (secondary N) is 1. The fraction of sp³-hybridized carbons (Fsp3) is 0.200. The molecule has 0 saturated carbocycles. The van der Waals surface area contributed by atoms with Crippen molar-refractivity contribution < 1.29 is 24.2 Å². The number of hydrogen-bond acceptors (Lipinski definition) is 4. The van der Waals surface area contributed by atoms with Gasteiger partial charge in [-0.1, -0.05) is 28.1 Å². The van der Waals surface area contributed by atoms with Crippen molar-refractivity contribution in [3.8, 4) is 11.5 Å². The molecule has 148 valence electrons. The molecular formula is C20H19BrINO5. The largest absolute Gasteiger partial charge is 0.490 e. The van der Waals surface area contributed by atoms with Crippen molar-refractivity contribution >= 4 is 56.5 Å². The molecule has 1 amide bonds. The number of carbonyl (C=O) groups excluding carboxylic acids is 1. The summed E-state index contributed by atoms with van der Waals surface area (Å²) in [4.78, 5) is 22.6. The molecule has 2 aromatic carbocycles. The van der Waals surface area contributed by atoms with Gasteiger partial charge in [0.2, 0.25) is 5.91 Å². The quantitative estimate of drug-likeness (QED) is 0.365. The van der Waals surface area contributed by atoms with Crippen LogP contribution in [0.25, 0.3) is 6.08 Å². The molecule has 0 aliphatic heterocycles. The summed E-state index contributed by atoms with van der Waals surface area (Å²) in [5.74, 6) is -0.598. The van der Waals surface area contributed by atoms with E-state index < -0.39 is 11.9 Å². The predicted octanol–water partition coefficient (Wildman–Crippen LogP) is 4.59. The Hall–Kier alpha value is -2.07. The van der Waals surface area contributed by atoms with E-state index >= 15 is 0 Å². The van der Waals surface area contributed by atoms with Crippen molar-refractivity contribution in [3.05, 3.63) is 61.3 Å². The Bertz CT molecular complexity index is 913. The zero-order valence-electron chi connectivity index (χ0n) is 15.3. The highest BCUT2D eigenvalue weighted by molar-refractivity contribution is 14.1. The summed E-state index contributed by atoms with van der Waals surface area (Å²) in [7, 11) is 0. The number of carboxylic acids is 1. The molecule has 0 fully saturated rings. The second kappa shape index (κ2) is 10.5. The number of amides is 1. The molecule has 0 aliphatic rings. The summed E-state index contributed by atoms with van der Waals surface area (Å²) >= 11 is 5.55. The highest BCUT2D eigenvalue weighted by atomic mass is 127. The second-order valence-corrected chi connectivity index (χ2v) is 7.80. The average molecular weight is 560 g/mol. The number of carboxylic acid groups (broad SMARTS) is 1. The van der Waals surface area contributed by atoms with Gasteiger partial charge in [-0.2, -0.15) is 0 Å². The van der Waals surface area contributed by atoms with E-state index in [1.54, 1.807) is 12.1 Å². The van der Waals surface area contributed by atoms with Gasteiger partial charge in [-0.3, -0.25) is 4.79 Å². The number of halogens is 2. The number of carbonyl (C=O) groups is 2. The second-order valence-electron chi connectivity index (χ2n) is 5.73. The van der Waals surface area contributed by atoms with E-state index in [0.29, 0.717) is 30.3 Å². The molecule has 0 saturated heterocycles. The summed E-state index contributed by atoms with van der Waals surface area (Å²) in [6.07, 6.45) is 1.38. The molecule has 0 bridgehead atoms. The van der Waals surface area contributed by atoms with Crippen LogP contribution in [0.2, 0.25) is 0 Å². The van der Waals surface area contributed by atoms with Crippen molar-refractivity contribution in [2.24, 2.45) is 0 Å². The van der Waals surface area contributed by atoms with Crippen LogP contribution in [0.3, 0.4) is 0 Å². The van der Waals surface area contributed by atoms with Crippen LogP contribution in [0, 0.1) is 3.57 Å². The molecule has 0 heterocycles. The summed E-state index contributed by atoms with van der Waals surface area (Å²) in [6, 6.07) is 11.3. The van der Waals surface area contributed by atoms with E-state index in [4.69, 9.17) is 9.47 Å². The van der Waals surface area contributed by atoms with Crippen LogP contribution in [0.15, 0.2) is 46.6 Å². The van der Waals surface area contributed by atoms with E-state index in [9.17, 15) is 14.7 Å². The molecular weight excluding hydrogens is 541 g/mol. The number of hydrogen-bond donors (Lipinski definition) is 2. The molecule has 2 rings (SSSR count). The molecule has 2 N–H and O–H groups in total. The summed E-state index contributed by atoms with van der Waals surface area (Å²) in [5.41, 5.74) is 1.36. The molecule has 0 atom stereocenters. The molecule has 0 aliphatic carbocycles. The molecule has 28 heavy (non-hydrogen) atoms. The minimum atomic E-state index is -1.22. The van der Waals surface area contributed by atoms with Crippen molar-refractivity contribution in [1.29, 1.82) is 0 Å². The van der Waals surface area contributed by atoms with Crippen LogP contribution in [-0.4, -0.2) is 23.6 Å². The predicted molar refractivity (Wildman–Crippen MR) is 118 cm³/mol. The number of benzene rings is 2. The Balaban J connectivity index is 2.34. The van der Waals surface area contributed by atoms with Crippen molar-refractivity contribution in [2.75, 3.05) is 6.61 Å². The zero-order valence-corrected chi connectivity index (χ0v) is 19.0. The van der Waals surface area contributed by atoms with Crippen molar-refractivity contribution in [2.45, 2.75) is 20.5 Å². The van der Waals surface area contributed by atoms with Gasteiger partial charge in [-0.15, -0.1) is 0 Å². The lowest BCUT2D eigenvalue weighted by Crippen LogP contribution is -2.24. The van der Waals surface area contributed by atoms with Crippen LogP contribution in [-0.2, 0) is 16.2 Å². The first-order valence-corrected chi connectivity index (χ1v) is 10.2. The highest BCUT2D eigenvalue weighted by Crippen LogP contribution is 2.35. The lowest BCUT2D eigenvalue weighted by atomic mass is 10.1. The van der Waals surface area contributed by atoms with Gasteiger partial charge in [-0.25, -0.2) is 4.79 Å². The van der Waals surface area contributed by atoms with Gasteiger partial charge in [0.15, 0.2) is 11.5 Å². The molecule has 0 aromatic heterocycles. The Kier molecular flexibility index (Phi) is 8.31. The maximum absolute atomic E-state index is 11.3. The van der Waals surface area contributed by atoms with E-state index in [-0.39, 0.29) is 5.70 Å². The molecule has 6 nitrogen and oxygen atoms in total. The van der Waals surface area contributed by atoms with Crippen LogP contribution in [0.5, 0.6) is 11.5 Å². The maximum Gasteiger partial charge on any atom is 0.352 e. The average Bonchev–Trinajstić information content (AvgIpc) is 2.60. The van der Waals surface area contributed by atoms with Crippen LogP contribution in [0.4, 0.5) is 0 Å². The third kappa shape index (κ3) is 6.52. The molecule has 2 aromatic rings. The van der Waals surface area contributed by atoms with Gasteiger partial charge < -0.3 is 19.9 Å². The van der Waals surface area contributed by atoms with Crippen molar-refractivity contribution in [3.63, 3.8) is 0 Å². The summed E-state index contributed by atoms with van der Waals surface area (Å²) in [5, 5.41) is 11.6. The first-order chi connectivity index (χ1) is 13.3. The summed E-state index contributed by atoms with van der Waals surface area (Å²) < 4.78 is 13.4. The first kappa shape index (κ1) is 22.2. The van der Waals surface area contributed by atoms with E-state index in [0.717, 1.165) is 13.6 Å². The fourth-order valence-electron chi connectivity index (χ4n) is 2.36. The van der Waals surface area contributed by atoms with Crippen LogP contribution >= 0.6 is 38.5 Å². The number of ether oxygens (including phenoxy) is 2. The monoisotopic (exact) mass is 559 g/mol. The minimum Gasteiger partial charge on any atom is -0.490 e. The highest BCUT2D eigenvalue weighted by Gasteiger charge is 2.14. The smallest absolute Gasteiger partial charge is 0.352 e. The third-order valence-corrected chi connectivity index (χ3v) is 4.75. The minimum absolute atomic E-state index is 0.214. The van der Waals surface area contributed by atoms with Gasteiger partial charge >= 0.3 is 5.97 Å². The maximum atomic E-state index is 11.3. The Morgan fingerprint density at radius 3 is 2.61 bits per heavy atom. The van der Waals surface area contributed by atoms with Gasteiger partial charge in [0, 0.05) is 11.4 Å². The van der Waals surface area contributed by atoms with E-state index in [1.165, 1.54) is 13.0 Å². The molecule has 8 heteroatoms. The number of aliphatic carboxylic acids is 1. The molecule has 0 radical (unpaired) electrons.